The summed E-state index contributed by atoms with van der Waals surface area (Å²) in [5, 5.41) is 3.33. The molecule has 4 heteroatoms. The van der Waals surface area contributed by atoms with Gasteiger partial charge < -0.3 is 10.2 Å². The number of hydrogen-bond donors (Lipinski definition) is 1. The number of thiophene rings is 1. The lowest BCUT2D eigenvalue weighted by Gasteiger charge is -2.34. The van der Waals surface area contributed by atoms with Crippen molar-refractivity contribution in [3.05, 3.63) is 57.2 Å². The van der Waals surface area contributed by atoms with E-state index in [9.17, 15) is 0 Å². The molecule has 0 radical (unpaired) electrons. The number of benzene rings is 1. The van der Waals surface area contributed by atoms with Crippen LogP contribution in [-0.4, -0.2) is 32.1 Å². The molecule has 2 nitrogen and oxygen atoms in total. The monoisotopic (exact) mass is 322 g/mol. The first-order valence-corrected chi connectivity index (χ1v) is 8.36. The number of halogens is 1. The summed E-state index contributed by atoms with van der Waals surface area (Å²) < 4.78 is 0.861. The Bertz CT molecular complexity index is 555. The molecule has 0 aliphatic heterocycles. The van der Waals surface area contributed by atoms with Crippen LogP contribution in [0.1, 0.15) is 17.4 Å². The first kappa shape index (κ1) is 16.5. The Morgan fingerprint density at radius 3 is 2.48 bits per heavy atom. The van der Waals surface area contributed by atoms with Crippen molar-refractivity contribution in [2.45, 2.75) is 18.9 Å². The van der Waals surface area contributed by atoms with E-state index in [4.69, 9.17) is 11.6 Å². The van der Waals surface area contributed by atoms with Crippen LogP contribution in [0.3, 0.4) is 0 Å². The predicted molar refractivity (Wildman–Crippen MR) is 93.4 cm³/mol. The van der Waals surface area contributed by atoms with Crippen LogP contribution in [0.25, 0.3) is 0 Å². The summed E-state index contributed by atoms with van der Waals surface area (Å²) in [7, 11) is 4.19. The van der Waals surface area contributed by atoms with Crippen LogP contribution in [-0.2, 0) is 12.0 Å². The van der Waals surface area contributed by atoms with Crippen molar-refractivity contribution in [3.63, 3.8) is 0 Å². The maximum Gasteiger partial charge on any atom is 0.0931 e. The molecule has 1 aromatic heterocycles. The Morgan fingerprint density at radius 1 is 1.19 bits per heavy atom. The zero-order valence-corrected chi connectivity index (χ0v) is 14.5. The van der Waals surface area contributed by atoms with Gasteiger partial charge in [0.05, 0.1) is 4.34 Å². The smallest absolute Gasteiger partial charge is 0.0931 e. The Hall–Kier alpha value is -0.870. The van der Waals surface area contributed by atoms with Gasteiger partial charge in [0.25, 0.3) is 0 Å². The predicted octanol–water partition coefficient (Wildman–Crippen LogP) is 4.01. The Kier molecular flexibility index (Phi) is 5.82. The fourth-order valence-electron chi connectivity index (χ4n) is 2.83. The third-order valence-electron chi connectivity index (χ3n) is 3.71. The summed E-state index contributed by atoms with van der Waals surface area (Å²) in [6.07, 6.45) is 0. The normalized spacial score (nSPS) is 14.3. The van der Waals surface area contributed by atoms with Crippen molar-refractivity contribution in [2.24, 2.45) is 0 Å². The molecule has 114 valence electrons. The molecule has 1 N–H and O–H groups in total. The van der Waals surface area contributed by atoms with E-state index in [1.807, 2.05) is 13.1 Å². The second-order valence-electron chi connectivity index (χ2n) is 5.84. The molecule has 2 rings (SSSR count). The third-order valence-corrected chi connectivity index (χ3v) is 4.93. The van der Waals surface area contributed by atoms with Crippen LogP contribution in [0.2, 0.25) is 4.34 Å². The zero-order chi connectivity index (χ0) is 15.3. The number of hydrogen-bond acceptors (Lipinski definition) is 3. The van der Waals surface area contributed by atoms with Crippen LogP contribution in [0.5, 0.6) is 0 Å². The van der Waals surface area contributed by atoms with Gasteiger partial charge in [-0.3, -0.25) is 0 Å². The van der Waals surface area contributed by atoms with Crippen molar-refractivity contribution in [2.75, 3.05) is 27.2 Å². The topological polar surface area (TPSA) is 15.3 Å². The molecular formula is C17H23ClN2S. The molecule has 0 spiro atoms. The molecule has 0 fully saturated rings. The van der Waals surface area contributed by atoms with E-state index < -0.39 is 0 Å². The highest BCUT2D eigenvalue weighted by molar-refractivity contribution is 7.16. The van der Waals surface area contributed by atoms with E-state index in [0.29, 0.717) is 0 Å². The van der Waals surface area contributed by atoms with Crippen LogP contribution < -0.4 is 5.32 Å². The number of likely N-dealkylation sites (N-methyl/N-ethyl adjacent to an activating group) is 2. The van der Waals surface area contributed by atoms with E-state index in [-0.39, 0.29) is 5.41 Å². The lowest BCUT2D eigenvalue weighted by molar-refractivity contribution is 0.247. The van der Waals surface area contributed by atoms with Gasteiger partial charge in [-0.25, -0.2) is 0 Å². The Balaban J connectivity index is 2.08. The summed E-state index contributed by atoms with van der Waals surface area (Å²) in [5.74, 6) is 0. The summed E-state index contributed by atoms with van der Waals surface area (Å²) >= 11 is 7.67. The molecule has 1 heterocycles. The van der Waals surface area contributed by atoms with Gasteiger partial charge in [-0.05, 0) is 31.8 Å². The SMILES string of the molecule is CNCC(C)(CN(C)Cc1ccc(Cl)s1)c1ccccc1. The second kappa shape index (κ2) is 7.41. The lowest BCUT2D eigenvalue weighted by atomic mass is 9.82. The highest BCUT2D eigenvalue weighted by Gasteiger charge is 2.27. The fourth-order valence-corrected chi connectivity index (χ4v) is 4.00. The molecule has 0 amide bonds. The molecule has 0 aliphatic carbocycles. The standard InChI is InChI=1S/C17H23ClN2S/c1-17(12-19-2,14-7-5-4-6-8-14)13-20(3)11-15-9-10-16(18)21-15/h4-10,19H,11-13H2,1-3H3. The summed E-state index contributed by atoms with van der Waals surface area (Å²) in [6, 6.07) is 14.8. The average molecular weight is 323 g/mol. The highest BCUT2D eigenvalue weighted by atomic mass is 35.5. The molecule has 0 saturated carbocycles. The maximum absolute atomic E-state index is 6.01. The van der Waals surface area contributed by atoms with Gasteiger partial charge in [0, 0.05) is 29.9 Å². The van der Waals surface area contributed by atoms with Crippen molar-refractivity contribution >= 4 is 22.9 Å². The minimum absolute atomic E-state index is 0.0891. The van der Waals surface area contributed by atoms with E-state index in [1.54, 1.807) is 11.3 Å². The van der Waals surface area contributed by atoms with E-state index in [0.717, 1.165) is 24.0 Å². The third kappa shape index (κ3) is 4.55. The van der Waals surface area contributed by atoms with Crippen LogP contribution in [0.4, 0.5) is 0 Å². The van der Waals surface area contributed by atoms with E-state index >= 15 is 0 Å². The van der Waals surface area contributed by atoms with Crippen molar-refractivity contribution in [1.82, 2.24) is 10.2 Å². The molecule has 0 saturated heterocycles. The fraction of sp³-hybridized carbons (Fsp3) is 0.412. The van der Waals surface area contributed by atoms with Gasteiger partial charge in [-0.1, -0.05) is 48.9 Å². The molecule has 21 heavy (non-hydrogen) atoms. The molecule has 2 aromatic rings. The molecule has 0 bridgehead atoms. The van der Waals surface area contributed by atoms with Gasteiger partial charge in [-0.15, -0.1) is 11.3 Å². The Labute approximate surface area is 136 Å². The zero-order valence-electron chi connectivity index (χ0n) is 12.9. The quantitative estimate of drug-likeness (QED) is 0.828. The molecular weight excluding hydrogens is 300 g/mol. The largest absolute Gasteiger partial charge is 0.319 e. The first-order chi connectivity index (χ1) is 10.0. The van der Waals surface area contributed by atoms with Gasteiger partial charge in [0.2, 0.25) is 0 Å². The molecule has 0 aliphatic rings. The summed E-state index contributed by atoms with van der Waals surface area (Å²) in [6.45, 7) is 5.19. The summed E-state index contributed by atoms with van der Waals surface area (Å²) in [5.41, 5.74) is 1.46. The average Bonchev–Trinajstić information content (AvgIpc) is 2.85. The van der Waals surface area contributed by atoms with Crippen LogP contribution in [0.15, 0.2) is 42.5 Å². The van der Waals surface area contributed by atoms with Gasteiger partial charge in [0.1, 0.15) is 0 Å². The Morgan fingerprint density at radius 2 is 1.90 bits per heavy atom. The van der Waals surface area contributed by atoms with Crippen molar-refractivity contribution in [3.8, 4) is 0 Å². The maximum atomic E-state index is 6.01. The highest BCUT2D eigenvalue weighted by Crippen LogP contribution is 2.26. The lowest BCUT2D eigenvalue weighted by Crippen LogP contribution is -2.43. The van der Waals surface area contributed by atoms with Gasteiger partial charge in [-0.2, -0.15) is 0 Å². The molecule has 1 aromatic carbocycles. The number of nitrogens with one attached hydrogen (secondary N) is 1. The number of rotatable bonds is 7. The minimum atomic E-state index is 0.0891. The first-order valence-electron chi connectivity index (χ1n) is 7.16. The van der Waals surface area contributed by atoms with E-state index in [1.165, 1.54) is 10.4 Å². The second-order valence-corrected chi connectivity index (χ2v) is 7.63. The van der Waals surface area contributed by atoms with Crippen LogP contribution in [0, 0.1) is 0 Å². The summed E-state index contributed by atoms with van der Waals surface area (Å²) in [4.78, 5) is 3.68. The molecule has 1 atom stereocenters. The number of nitrogens with zero attached hydrogens (tertiary/aromatic N) is 1. The van der Waals surface area contributed by atoms with E-state index in [2.05, 4.69) is 60.6 Å². The van der Waals surface area contributed by atoms with Crippen molar-refractivity contribution < 1.29 is 0 Å². The minimum Gasteiger partial charge on any atom is -0.319 e. The van der Waals surface area contributed by atoms with Gasteiger partial charge >= 0.3 is 0 Å². The molecule has 1 unspecified atom stereocenters. The van der Waals surface area contributed by atoms with Crippen LogP contribution >= 0.6 is 22.9 Å². The van der Waals surface area contributed by atoms with Gasteiger partial charge in [0.15, 0.2) is 0 Å². The van der Waals surface area contributed by atoms with Crippen molar-refractivity contribution in [1.29, 1.82) is 0 Å².